The average molecular weight is 433 g/mol. The Hall–Kier alpha value is -1.89. The smallest absolute Gasteiger partial charge is 0.334 e. The highest BCUT2D eigenvalue weighted by Crippen LogP contribution is 2.55. The number of hydrogen-bond acceptors (Lipinski definition) is 5. The van der Waals surface area contributed by atoms with Crippen LogP contribution >= 0.6 is 11.6 Å². The van der Waals surface area contributed by atoms with Crippen LogP contribution in [-0.2, 0) is 32.1 Å². The minimum Gasteiger partial charge on any atom is -0.457 e. The fourth-order valence-electron chi connectivity index (χ4n) is 5.07. The lowest BCUT2D eigenvalue weighted by Gasteiger charge is -2.25. The van der Waals surface area contributed by atoms with Crippen LogP contribution in [0, 0.1) is 17.3 Å². The molecule has 3 N–H and O–H groups in total. The molecule has 3 aliphatic rings. The SMILES string of the molecule is COCCCc1ccc(Cl)c(COC(=O)C2=CCC3C2CNC3C2(C(N)=O)CC2)c1. The molecule has 0 aromatic heterocycles. The zero-order valence-electron chi connectivity index (χ0n) is 17.3. The van der Waals surface area contributed by atoms with Gasteiger partial charge in [0.1, 0.15) is 6.61 Å². The molecule has 0 spiro atoms. The molecule has 6 nitrogen and oxygen atoms in total. The molecule has 0 radical (unpaired) electrons. The number of nitrogens with two attached hydrogens (primary N) is 1. The van der Waals surface area contributed by atoms with Crippen molar-refractivity contribution in [1.29, 1.82) is 0 Å². The number of benzene rings is 1. The summed E-state index contributed by atoms with van der Waals surface area (Å²) >= 11 is 6.31. The maximum Gasteiger partial charge on any atom is 0.334 e. The van der Waals surface area contributed by atoms with Crippen LogP contribution < -0.4 is 11.1 Å². The second-order valence-electron chi connectivity index (χ2n) is 8.67. The third-order valence-corrected chi connectivity index (χ3v) is 7.27. The second-order valence-corrected chi connectivity index (χ2v) is 9.08. The number of rotatable bonds is 9. The molecule has 2 aliphatic carbocycles. The summed E-state index contributed by atoms with van der Waals surface area (Å²) in [5, 5.41) is 4.06. The molecule has 7 heteroatoms. The number of primary amides is 1. The zero-order valence-corrected chi connectivity index (χ0v) is 18.0. The van der Waals surface area contributed by atoms with Gasteiger partial charge in [-0.05, 0) is 49.7 Å². The summed E-state index contributed by atoms with van der Waals surface area (Å²) in [7, 11) is 1.69. The van der Waals surface area contributed by atoms with Gasteiger partial charge in [0.05, 0.1) is 5.41 Å². The predicted octanol–water partition coefficient (Wildman–Crippen LogP) is 2.76. The molecular weight excluding hydrogens is 404 g/mol. The van der Waals surface area contributed by atoms with E-state index in [0.717, 1.165) is 43.2 Å². The maximum atomic E-state index is 12.8. The molecule has 1 amide bonds. The number of carbonyl (C=O) groups excluding carboxylic acids is 2. The summed E-state index contributed by atoms with van der Waals surface area (Å²) in [5.41, 5.74) is 7.90. The highest BCUT2D eigenvalue weighted by molar-refractivity contribution is 6.31. The number of hydrogen-bond donors (Lipinski definition) is 2. The molecule has 1 aliphatic heterocycles. The van der Waals surface area contributed by atoms with Crippen molar-refractivity contribution >= 4 is 23.5 Å². The average Bonchev–Trinajstić information content (AvgIpc) is 3.26. The van der Waals surface area contributed by atoms with Gasteiger partial charge in [-0.15, -0.1) is 0 Å². The molecule has 1 aromatic carbocycles. The number of amides is 1. The number of esters is 1. The van der Waals surface area contributed by atoms with Crippen molar-refractivity contribution in [2.24, 2.45) is 23.0 Å². The van der Waals surface area contributed by atoms with Gasteiger partial charge in [0, 0.05) is 48.4 Å². The van der Waals surface area contributed by atoms with E-state index in [1.807, 2.05) is 24.3 Å². The molecule has 162 valence electrons. The summed E-state index contributed by atoms with van der Waals surface area (Å²) in [6.45, 7) is 1.53. The first-order valence-corrected chi connectivity index (χ1v) is 11.0. The third kappa shape index (κ3) is 4.01. The van der Waals surface area contributed by atoms with Crippen molar-refractivity contribution in [3.05, 3.63) is 46.0 Å². The van der Waals surface area contributed by atoms with Gasteiger partial charge in [-0.1, -0.05) is 29.8 Å². The van der Waals surface area contributed by atoms with Crippen LogP contribution in [-0.4, -0.2) is 38.2 Å². The standard InChI is InChI=1S/C23H29ClN2O4/c1-29-10-2-3-14-4-7-19(24)15(11-14)13-30-21(27)17-6-5-16-18(17)12-26-20(16)23(8-9-23)22(25)28/h4,6-7,11,16,18,20,26H,2-3,5,8-10,12-13H2,1H3,(H2,25,28). The lowest BCUT2D eigenvalue weighted by molar-refractivity contribution is -0.140. The molecular formula is C23H29ClN2O4. The van der Waals surface area contributed by atoms with Crippen LogP contribution in [0.3, 0.4) is 0 Å². The van der Waals surface area contributed by atoms with Crippen LogP contribution in [0.1, 0.15) is 36.8 Å². The van der Waals surface area contributed by atoms with Crippen molar-refractivity contribution in [2.45, 2.75) is 44.8 Å². The Morgan fingerprint density at radius 3 is 2.83 bits per heavy atom. The van der Waals surface area contributed by atoms with Crippen LogP contribution in [0.4, 0.5) is 0 Å². The number of nitrogens with one attached hydrogen (secondary N) is 1. The third-order valence-electron chi connectivity index (χ3n) is 6.91. The molecule has 3 atom stereocenters. The lowest BCUT2D eigenvalue weighted by Crippen LogP contribution is -2.44. The summed E-state index contributed by atoms with van der Waals surface area (Å²) in [4.78, 5) is 24.7. The van der Waals surface area contributed by atoms with Crippen molar-refractivity contribution in [2.75, 3.05) is 20.3 Å². The number of halogens is 1. The first kappa shape index (κ1) is 21.3. The molecule has 0 bridgehead atoms. The first-order valence-electron chi connectivity index (χ1n) is 10.6. The highest BCUT2D eigenvalue weighted by Gasteiger charge is 2.60. The lowest BCUT2D eigenvalue weighted by atomic mass is 9.81. The number of methoxy groups -OCH3 is 1. The Kier molecular flexibility index (Phi) is 6.19. The van der Waals surface area contributed by atoms with Crippen LogP contribution in [0.25, 0.3) is 0 Å². The van der Waals surface area contributed by atoms with E-state index in [0.29, 0.717) is 23.7 Å². The van der Waals surface area contributed by atoms with Gasteiger partial charge in [-0.2, -0.15) is 0 Å². The number of fused-ring (bicyclic) bond motifs is 1. The van der Waals surface area contributed by atoms with Gasteiger partial charge in [-0.25, -0.2) is 4.79 Å². The Balaban J connectivity index is 1.35. The fourth-order valence-corrected chi connectivity index (χ4v) is 5.24. The molecule has 1 heterocycles. The molecule has 1 saturated carbocycles. The van der Waals surface area contributed by atoms with E-state index in [-0.39, 0.29) is 36.4 Å². The summed E-state index contributed by atoms with van der Waals surface area (Å²) in [6, 6.07) is 5.89. The van der Waals surface area contributed by atoms with E-state index >= 15 is 0 Å². The topological polar surface area (TPSA) is 90.7 Å². The minimum absolute atomic E-state index is 0.0553. The van der Waals surface area contributed by atoms with Crippen molar-refractivity contribution < 1.29 is 19.1 Å². The first-order chi connectivity index (χ1) is 14.5. The molecule has 4 rings (SSSR count). The summed E-state index contributed by atoms with van der Waals surface area (Å²) in [6.07, 6.45) is 6.23. The number of aryl methyl sites for hydroxylation is 1. The van der Waals surface area contributed by atoms with Crippen LogP contribution in [0.5, 0.6) is 0 Å². The summed E-state index contributed by atoms with van der Waals surface area (Å²) < 4.78 is 10.7. The van der Waals surface area contributed by atoms with Crippen LogP contribution in [0.15, 0.2) is 29.8 Å². The van der Waals surface area contributed by atoms with Gasteiger partial charge < -0.3 is 20.5 Å². The predicted molar refractivity (Wildman–Crippen MR) is 114 cm³/mol. The van der Waals surface area contributed by atoms with Crippen molar-refractivity contribution in [3.63, 3.8) is 0 Å². The molecule has 2 fully saturated rings. The molecule has 1 saturated heterocycles. The van der Waals surface area contributed by atoms with Gasteiger partial charge in [0.15, 0.2) is 0 Å². The molecule has 30 heavy (non-hydrogen) atoms. The largest absolute Gasteiger partial charge is 0.457 e. The van der Waals surface area contributed by atoms with Crippen molar-refractivity contribution in [3.8, 4) is 0 Å². The molecule has 1 aromatic rings. The Bertz CT molecular complexity index is 865. The van der Waals surface area contributed by atoms with E-state index in [9.17, 15) is 9.59 Å². The van der Waals surface area contributed by atoms with E-state index in [1.54, 1.807) is 7.11 Å². The Labute approximate surface area is 182 Å². The van der Waals surface area contributed by atoms with E-state index in [1.165, 1.54) is 0 Å². The second kappa shape index (κ2) is 8.69. The molecule has 3 unspecified atom stereocenters. The number of carbonyl (C=O) groups is 2. The minimum atomic E-state index is -0.427. The van der Waals surface area contributed by atoms with Gasteiger partial charge in [-0.3, -0.25) is 4.79 Å². The fraction of sp³-hybridized carbons (Fsp3) is 0.565. The monoisotopic (exact) mass is 432 g/mol. The van der Waals surface area contributed by atoms with E-state index < -0.39 is 5.41 Å². The number of ether oxygens (including phenoxy) is 2. The normalized spacial score (nSPS) is 26.2. The van der Waals surface area contributed by atoms with E-state index in [4.69, 9.17) is 26.8 Å². The highest BCUT2D eigenvalue weighted by atomic mass is 35.5. The van der Waals surface area contributed by atoms with E-state index in [2.05, 4.69) is 5.32 Å². The van der Waals surface area contributed by atoms with Gasteiger partial charge in [0.25, 0.3) is 0 Å². The van der Waals surface area contributed by atoms with Gasteiger partial charge >= 0.3 is 5.97 Å². The van der Waals surface area contributed by atoms with Crippen molar-refractivity contribution in [1.82, 2.24) is 5.32 Å². The number of allylic oxidation sites excluding steroid dienone is 1. The maximum absolute atomic E-state index is 12.8. The quantitative estimate of drug-likeness (QED) is 0.462. The zero-order chi connectivity index (χ0) is 21.3. The van der Waals surface area contributed by atoms with Gasteiger partial charge in [0.2, 0.25) is 5.91 Å². The Morgan fingerprint density at radius 1 is 1.33 bits per heavy atom. The van der Waals surface area contributed by atoms with Crippen LogP contribution in [0.2, 0.25) is 5.02 Å². The Morgan fingerprint density at radius 2 is 2.13 bits per heavy atom. The summed E-state index contributed by atoms with van der Waals surface area (Å²) in [5.74, 6) is -0.211.